The van der Waals surface area contributed by atoms with Crippen molar-refractivity contribution in [1.29, 1.82) is 0 Å². The number of carbonyl (C=O) groups excluding carboxylic acids is 1. The van der Waals surface area contributed by atoms with Crippen LogP contribution < -0.4 is 4.90 Å². The third-order valence-electron chi connectivity index (χ3n) is 5.44. The summed E-state index contributed by atoms with van der Waals surface area (Å²) in [7, 11) is 0. The number of nitro benzene ring substituents is 1. The maximum absolute atomic E-state index is 13.0. The minimum Gasteiger partial charge on any atom is -0.345 e. The molecule has 0 bridgehead atoms. The number of amides is 1. The maximum atomic E-state index is 13.0. The normalized spacial score (nSPS) is 14.3. The number of anilines is 1. The second kappa shape index (κ2) is 9.62. The Kier molecular flexibility index (Phi) is 6.66. The number of nitrogens with zero attached hydrogens (tertiary/aromatic N) is 5. The Labute approximate surface area is 194 Å². The van der Waals surface area contributed by atoms with Crippen molar-refractivity contribution in [2.24, 2.45) is 0 Å². The first-order valence-electron chi connectivity index (χ1n) is 10.3. The van der Waals surface area contributed by atoms with Crippen molar-refractivity contribution in [1.82, 2.24) is 14.3 Å². The van der Waals surface area contributed by atoms with E-state index in [2.05, 4.69) is 14.3 Å². The first kappa shape index (κ1) is 22.2. The quantitative estimate of drug-likeness (QED) is 0.405. The largest absolute Gasteiger partial charge is 0.345 e. The van der Waals surface area contributed by atoms with Gasteiger partial charge < -0.3 is 9.80 Å². The third kappa shape index (κ3) is 5.05. The fourth-order valence-corrected chi connectivity index (χ4v) is 4.53. The fourth-order valence-electron chi connectivity index (χ4n) is 3.66. The molecule has 0 N–H and O–H groups in total. The summed E-state index contributed by atoms with van der Waals surface area (Å²) in [5.41, 5.74) is 1.95. The first-order chi connectivity index (χ1) is 15.4. The van der Waals surface area contributed by atoms with Gasteiger partial charge in [-0.25, -0.2) is 4.98 Å². The highest BCUT2D eigenvalue weighted by atomic mass is 35.5. The molecule has 3 aromatic rings. The van der Waals surface area contributed by atoms with Gasteiger partial charge in [0, 0.05) is 66.3 Å². The average molecular weight is 472 g/mol. The van der Waals surface area contributed by atoms with Crippen molar-refractivity contribution in [2.75, 3.05) is 31.1 Å². The summed E-state index contributed by atoms with van der Waals surface area (Å²) < 4.78 is 4.49. The molecule has 1 amide bonds. The van der Waals surface area contributed by atoms with Crippen LogP contribution in [0, 0.1) is 17.0 Å². The molecule has 0 aliphatic carbocycles. The summed E-state index contributed by atoms with van der Waals surface area (Å²) in [6.07, 6.45) is 1.42. The third-order valence-corrected chi connectivity index (χ3v) is 6.51. The molecule has 1 aromatic heterocycles. The van der Waals surface area contributed by atoms with Gasteiger partial charge in [0.05, 0.1) is 4.92 Å². The summed E-state index contributed by atoms with van der Waals surface area (Å²) in [5, 5.41) is 12.8. The molecule has 1 saturated heterocycles. The monoisotopic (exact) mass is 471 g/mol. The number of aryl methyl sites for hydroxylation is 1. The smallest absolute Gasteiger partial charge is 0.273 e. The molecule has 0 radical (unpaired) electrons. The van der Waals surface area contributed by atoms with Crippen molar-refractivity contribution in [3.8, 4) is 0 Å². The van der Waals surface area contributed by atoms with E-state index in [1.54, 1.807) is 24.0 Å². The Balaban J connectivity index is 1.41. The Bertz CT molecular complexity index is 1130. The predicted octanol–water partition coefficient (Wildman–Crippen LogP) is 4.35. The predicted molar refractivity (Wildman–Crippen MR) is 125 cm³/mol. The highest BCUT2D eigenvalue weighted by Gasteiger charge is 2.24. The van der Waals surface area contributed by atoms with Gasteiger partial charge in [0.2, 0.25) is 5.13 Å². The molecule has 0 saturated carbocycles. The number of aromatic nitrogens is 2. The van der Waals surface area contributed by atoms with Crippen LogP contribution in [0.5, 0.6) is 0 Å². The molecule has 1 fully saturated rings. The lowest BCUT2D eigenvalue weighted by atomic mass is 10.1. The molecule has 4 rings (SSSR count). The van der Waals surface area contributed by atoms with E-state index < -0.39 is 4.92 Å². The molecule has 10 heteroatoms. The van der Waals surface area contributed by atoms with Gasteiger partial charge in [-0.2, -0.15) is 4.37 Å². The first-order valence-corrected chi connectivity index (χ1v) is 11.4. The van der Waals surface area contributed by atoms with E-state index in [0.29, 0.717) is 42.2 Å². The topological polar surface area (TPSA) is 92.5 Å². The van der Waals surface area contributed by atoms with Crippen LogP contribution >= 0.6 is 23.1 Å². The Morgan fingerprint density at radius 2 is 1.94 bits per heavy atom. The molecule has 0 spiro atoms. The summed E-state index contributed by atoms with van der Waals surface area (Å²) in [6, 6.07) is 12.3. The van der Waals surface area contributed by atoms with Crippen molar-refractivity contribution in [3.05, 3.63) is 80.1 Å². The SMILES string of the molecule is Cc1ccc(C(=O)N2CCCN(c3nc(Cc4ccc(Cl)cc4)ns3)CC2)cc1[N+](=O)[O-]. The number of carbonyl (C=O) groups is 1. The van der Waals surface area contributed by atoms with Crippen LogP contribution in [0.15, 0.2) is 42.5 Å². The molecular formula is C22H22ClN5O3S. The van der Waals surface area contributed by atoms with Crippen LogP contribution in [-0.2, 0) is 6.42 Å². The number of halogens is 1. The molecule has 2 heterocycles. The summed E-state index contributed by atoms with van der Waals surface area (Å²) in [6.45, 7) is 4.18. The molecular weight excluding hydrogens is 450 g/mol. The zero-order valence-corrected chi connectivity index (χ0v) is 19.1. The van der Waals surface area contributed by atoms with E-state index in [-0.39, 0.29) is 11.6 Å². The highest BCUT2D eigenvalue weighted by Crippen LogP contribution is 2.23. The van der Waals surface area contributed by atoms with Gasteiger partial charge >= 0.3 is 0 Å². The lowest BCUT2D eigenvalue weighted by Gasteiger charge is -2.21. The Morgan fingerprint density at radius 1 is 1.16 bits per heavy atom. The van der Waals surface area contributed by atoms with Crippen LogP contribution in [0.4, 0.5) is 10.8 Å². The number of hydrogen-bond acceptors (Lipinski definition) is 7. The molecule has 32 heavy (non-hydrogen) atoms. The van der Waals surface area contributed by atoms with Gasteiger partial charge in [-0.15, -0.1) is 0 Å². The molecule has 1 aliphatic rings. The van der Waals surface area contributed by atoms with Gasteiger partial charge in [-0.1, -0.05) is 29.8 Å². The van der Waals surface area contributed by atoms with E-state index in [1.807, 2.05) is 24.3 Å². The van der Waals surface area contributed by atoms with Crippen molar-refractivity contribution in [2.45, 2.75) is 19.8 Å². The van der Waals surface area contributed by atoms with E-state index in [4.69, 9.17) is 11.6 Å². The minimum absolute atomic E-state index is 0.0330. The second-order valence-electron chi connectivity index (χ2n) is 7.69. The molecule has 0 unspecified atom stereocenters. The number of benzene rings is 2. The van der Waals surface area contributed by atoms with Gasteiger partial charge in [-0.3, -0.25) is 14.9 Å². The lowest BCUT2D eigenvalue weighted by Crippen LogP contribution is -2.35. The Morgan fingerprint density at radius 3 is 2.69 bits per heavy atom. The summed E-state index contributed by atoms with van der Waals surface area (Å²) in [5.74, 6) is 0.576. The van der Waals surface area contributed by atoms with Gasteiger partial charge in [-0.05, 0) is 37.1 Å². The molecule has 2 aromatic carbocycles. The van der Waals surface area contributed by atoms with E-state index >= 15 is 0 Å². The van der Waals surface area contributed by atoms with Crippen molar-refractivity contribution in [3.63, 3.8) is 0 Å². The van der Waals surface area contributed by atoms with Gasteiger partial charge in [0.15, 0.2) is 0 Å². The molecule has 8 nitrogen and oxygen atoms in total. The van der Waals surface area contributed by atoms with Crippen LogP contribution in [0.2, 0.25) is 5.02 Å². The number of rotatable bonds is 5. The minimum atomic E-state index is -0.451. The van der Waals surface area contributed by atoms with E-state index in [1.165, 1.54) is 17.6 Å². The van der Waals surface area contributed by atoms with Crippen LogP contribution in [0.25, 0.3) is 0 Å². The molecule has 0 atom stereocenters. The number of nitro groups is 1. The molecule has 166 valence electrons. The standard InChI is InChI=1S/C22H22ClN5O3S/c1-15-3-6-17(14-19(15)28(30)31)21(29)26-9-2-10-27(12-11-26)22-24-20(25-32-22)13-16-4-7-18(23)8-5-16/h3-8,14H,2,9-13H2,1H3. The van der Waals surface area contributed by atoms with Crippen LogP contribution in [-0.4, -0.2) is 51.3 Å². The van der Waals surface area contributed by atoms with Crippen LogP contribution in [0.3, 0.4) is 0 Å². The van der Waals surface area contributed by atoms with E-state index in [9.17, 15) is 14.9 Å². The highest BCUT2D eigenvalue weighted by molar-refractivity contribution is 7.09. The van der Waals surface area contributed by atoms with Gasteiger partial charge in [0.1, 0.15) is 5.82 Å². The maximum Gasteiger partial charge on any atom is 0.273 e. The number of hydrogen-bond donors (Lipinski definition) is 0. The van der Waals surface area contributed by atoms with Crippen molar-refractivity contribution >= 4 is 39.9 Å². The second-order valence-corrected chi connectivity index (χ2v) is 8.85. The summed E-state index contributed by atoms with van der Waals surface area (Å²) >= 11 is 7.30. The van der Waals surface area contributed by atoms with Gasteiger partial charge in [0.25, 0.3) is 11.6 Å². The average Bonchev–Trinajstić information content (AvgIpc) is 3.10. The van der Waals surface area contributed by atoms with Crippen LogP contribution in [0.1, 0.15) is 33.7 Å². The lowest BCUT2D eigenvalue weighted by molar-refractivity contribution is -0.385. The zero-order valence-electron chi connectivity index (χ0n) is 17.5. The summed E-state index contributed by atoms with van der Waals surface area (Å²) in [4.78, 5) is 32.3. The Hall–Kier alpha value is -3.04. The van der Waals surface area contributed by atoms with Crippen molar-refractivity contribution < 1.29 is 9.72 Å². The van der Waals surface area contributed by atoms with E-state index in [0.717, 1.165) is 29.5 Å². The molecule has 1 aliphatic heterocycles. The fraction of sp³-hybridized carbons (Fsp3) is 0.318. The zero-order chi connectivity index (χ0) is 22.7.